The van der Waals surface area contributed by atoms with Gasteiger partial charge in [0.25, 0.3) is 5.91 Å². The Kier molecular flexibility index (Phi) is 9.09. The molecule has 1 unspecified atom stereocenters. The van der Waals surface area contributed by atoms with Gasteiger partial charge in [-0.25, -0.2) is 4.98 Å². The molecular weight excluding hydrogens is 390 g/mol. The number of hydrogen-bond acceptors (Lipinski definition) is 5. The largest absolute Gasteiger partial charge is 0.388 e. The molecule has 2 aromatic heterocycles. The fourth-order valence-electron chi connectivity index (χ4n) is 3.38. The van der Waals surface area contributed by atoms with Crippen molar-refractivity contribution < 1.29 is 14.6 Å². The predicted molar refractivity (Wildman–Crippen MR) is 127 cm³/mol. The molecule has 0 aliphatic heterocycles. The molecule has 0 saturated carbocycles. The maximum absolute atomic E-state index is 11.7. The molecule has 0 spiro atoms. The van der Waals surface area contributed by atoms with Gasteiger partial charge in [-0.2, -0.15) is 0 Å². The van der Waals surface area contributed by atoms with Crippen LogP contribution < -0.4 is 5.32 Å². The predicted octanol–water partition coefficient (Wildman–Crippen LogP) is 5.06. The van der Waals surface area contributed by atoms with Crippen LogP contribution in [0.3, 0.4) is 0 Å². The van der Waals surface area contributed by atoms with Gasteiger partial charge in [0.2, 0.25) is 0 Å². The Morgan fingerprint density at radius 1 is 1.19 bits per heavy atom. The summed E-state index contributed by atoms with van der Waals surface area (Å²) in [6.45, 7) is 10.2. The highest BCUT2D eigenvalue weighted by atomic mass is 16.5. The van der Waals surface area contributed by atoms with Gasteiger partial charge in [-0.3, -0.25) is 9.78 Å². The Balaban J connectivity index is 2.38. The molecule has 2 rings (SSSR count). The smallest absolute Gasteiger partial charge is 0.251 e. The lowest BCUT2D eigenvalue weighted by Crippen LogP contribution is -2.17. The summed E-state index contributed by atoms with van der Waals surface area (Å²) in [5.74, 6) is 0.209. The minimum absolute atomic E-state index is 0.0200. The topological polar surface area (TPSA) is 84.3 Å². The molecule has 0 saturated heterocycles. The fraction of sp³-hybridized carbons (Fsp3) is 0.400. The molecule has 1 atom stereocenters. The molecule has 2 heterocycles. The van der Waals surface area contributed by atoms with Crippen molar-refractivity contribution in [2.45, 2.75) is 53.6 Å². The first-order chi connectivity index (χ1) is 14.8. The number of hydrogen-bond donors (Lipinski definition) is 2. The molecule has 0 aliphatic carbocycles. The maximum atomic E-state index is 11.7. The number of aliphatic hydroxyl groups excluding tert-OH is 1. The van der Waals surface area contributed by atoms with E-state index in [0.29, 0.717) is 12.2 Å². The van der Waals surface area contributed by atoms with Crippen LogP contribution in [0.5, 0.6) is 0 Å². The quantitative estimate of drug-likeness (QED) is 0.551. The molecule has 0 radical (unpaired) electrons. The minimum atomic E-state index is -0.478. The summed E-state index contributed by atoms with van der Waals surface area (Å²) < 4.78 is 4.83. The lowest BCUT2D eigenvalue weighted by molar-refractivity contribution is -0.119. The second-order valence-electron chi connectivity index (χ2n) is 7.51. The monoisotopic (exact) mass is 423 g/mol. The Morgan fingerprint density at radius 3 is 2.48 bits per heavy atom. The SMILES string of the molecule is C\C=C(/C(C)=C\C(=C(/C)CC)C(O)CC)c1cc2cnc(NC(=O)COC)cc2cn1. The highest BCUT2D eigenvalue weighted by molar-refractivity contribution is 5.94. The Bertz CT molecular complexity index is 1020. The van der Waals surface area contributed by atoms with Crippen LogP contribution in [0.1, 0.15) is 53.2 Å². The van der Waals surface area contributed by atoms with Crippen LogP contribution >= 0.6 is 0 Å². The van der Waals surface area contributed by atoms with Gasteiger partial charge < -0.3 is 15.2 Å². The van der Waals surface area contributed by atoms with Gasteiger partial charge in [0.05, 0.1) is 11.8 Å². The van der Waals surface area contributed by atoms with Crippen LogP contribution in [-0.4, -0.2) is 40.8 Å². The second-order valence-corrected chi connectivity index (χ2v) is 7.51. The zero-order valence-electron chi connectivity index (χ0n) is 19.3. The number of pyridine rings is 2. The number of carbonyl (C=O) groups is 1. The summed E-state index contributed by atoms with van der Waals surface area (Å²) in [6, 6.07) is 3.78. The van der Waals surface area contributed by atoms with Crippen molar-refractivity contribution in [2.24, 2.45) is 0 Å². The molecule has 0 aromatic carbocycles. The molecule has 0 aliphatic rings. The third kappa shape index (κ3) is 6.32. The Hall–Kier alpha value is -2.83. The molecule has 6 heteroatoms. The van der Waals surface area contributed by atoms with Gasteiger partial charge >= 0.3 is 0 Å². The van der Waals surface area contributed by atoms with E-state index >= 15 is 0 Å². The molecule has 166 valence electrons. The lowest BCUT2D eigenvalue weighted by atomic mass is 9.94. The zero-order valence-corrected chi connectivity index (χ0v) is 19.3. The van der Waals surface area contributed by atoms with Gasteiger partial charge in [-0.1, -0.05) is 31.6 Å². The van der Waals surface area contributed by atoms with Gasteiger partial charge in [0, 0.05) is 30.3 Å². The van der Waals surface area contributed by atoms with E-state index in [9.17, 15) is 9.90 Å². The average molecular weight is 424 g/mol. The summed E-state index contributed by atoms with van der Waals surface area (Å²) in [6.07, 6.45) is 8.70. The first-order valence-electron chi connectivity index (χ1n) is 10.6. The number of amides is 1. The van der Waals surface area contributed by atoms with E-state index < -0.39 is 6.10 Å². The van der Waals surface area contributed by atoms with Crippen LogP contribution in [0.25, 0.3) is 16.3 Å². The first-order valence-corrected chi connectivity index (χ1v) is 10.6. The number of methoxy groups -OCH3 is 1. The average Bonchev–Trinajstić information content (AvgIpc) is 2.77. The summed E-state index contributed by atoms with van der Waals surface area (Å²) in [7, 11) is 1.47. The van der Waals surface area contributed by atoms with E-state index in [1.165, 1.54) is 12.7 Å². The summed E-state index contributed by atoms with van der Waals surface area (Å²) >= 11 is 0. The van der Waals surface area contributed by atoms with Crippen molar-refractivity contribution in [1.82, 2.24) is 9.97 Å². The van der Waals surface area contributed by atoms with Crippen molar-refractivity contribution in [3.8, 4) is 0 Å². The number of rotatable bonds is 9. The number of anilines is 1. The number of aliphatic hydroxyl groups is 1. The molecule has 0 fully saturated rings. The van der Waals surface area contributed by atoms with Crippen molar-refractivity contribution in [3.05, 3.63) is 59.1 Å². The van der Waals surface area contributed by atoms with Gasteiger partial charge in [-0.15, -0.1) is 0 Å². The van der Waals surface area contributed by atoms with E-state index in [1.807, 2.05) is 32.9 Å². The standard InChI is InChI=1S/C25H33N3O3/c1-7-16(4)21(23(29)9-3)10-17(5)20(8-2)22-11-18-14-27-24(12-19(18)13-26-22)28-25(30)15-31-6/h8,10-14,23,29H,7,9,15H2,1-6H3,(H,27,28,30)/b17-10-,20-8+,21-16-. The number of nitrogens with zero attached hydrogens (tertiary/aromatic N) is 2. The summed E-state index contributed by atoms with van der Waals surface area (Å²) in [4.78, 5) is 20.7. The molecular formula is C25H33N3O3. The number of nitrogens with one attached hydrogen (secondary N) is 1. The zero-order chi connectivity index (χ0) is 23.0. The van der Waals surface area contributed by atoms with Crippen LogP contribution in [0, 0.1) is 0 Å². The van der Waals surface area contributed by atoms with Gasteiger partial charge in [0.1, 0.15) is 12.4 Å². The van der Waals surface area contributed by atoms with E-state index in [1.54, 1.807) is 18.5 Å². The summed E-state index contributed by atoms with van der Waals surface area (Å²) in [5, 5.41) is 15.0. The summed E-state index contributed by atoms with van der Waals surface area (Å²) in [5.41, 5.74) is 5.04. The Morgan fingerprint density at radius 2 is 1.87 bits per heavy atom. The van der Waals surface area contributed by atoms with Crippen LogP contribution in [0.2, 0.25) is 0 Å². The number of carbonyl (C=O) groups excluding carboxylic acids is 1. The van der Waals surface area contributed by atoms with E-state index in [-0.39, 0.29) is 12.5 Å². The minimum Gasteiger partial charge on any atom is -0.388 e. The molecule has 6 nitrogen and oxygen atoms in total. The molecule has 1 amide bonds. The van der Waals surface area contributed by atoms with E-state index in [2.05, 4.69) is 35.2 Å². The number of aromatic nitrogens is 2. The van der Waals surface area contributed by atoms with Crippen LogP contribution in [-0.2, 0) is 9.53 Å². The maximum Gasteiger partial charge on any atom is 0.251 e. The van der Waals surface area contributed by atoms with Crippen LogP contribution in [0.4, 0.5) is 5.82 Å². The third-order valence-electron chi connectivity index (χ3n) is 5.28. The van der Waals surface area contributed by atoms with Gasteiger partial charge in [0.15, 0.2) is 0 Å². The lowest BCUT2D eigenvalue weighted by Gasteiger charge is -2.16. The fourth-order valence-corrected chi connectivity index (χ4v) is 3.38. The number of allylic oxidation sites excluding steroid dienone is 4. The van der Waals surface area contributed by atoms with Crippen LogP contribution in [0.15, 0.2) is 53.4 Å². The number of fused-ring (bicyclic) bond motifs is 1. The first kappa shape index (κ1) is 24.4. The van der Waals surface area contributed by atoms with Crippen molar-refractivity contribution in [2.75, 3.05) is 19.0 Å². The second kappa shape index (κ2) is 11.5. The van der Waals surface area contributed by atoms with E-state index in [4.69, 9.17) is 4.74 Å². The highest BCUT2D eigenvalue weighted by Gasteiger charge is 2.13. The Labute approximate surface area is 184 Å². The molecule has 2 aromatic rings. The number of ether oxygens (including phenoxy) is 1. The van der Waals surface area contributed by atoms with E-state index in [0.717, 1.165) is 39.6 Å². The normalized spacial score (nSPS) is 14.4. The van der Waals surface area contributed by atoms with Crippen molar-refractivity contribution >= 4 is 28.1 Å². The van der Waals surface area contributed by atoms with Crippen molar-refractivity contribution in [3.63, 3.8) is 0 Å². The highest BCUT2D eigenvalue weighted by Crippen LogP contribution is 2.28. The van der Waals surface area contributed by atoms with Gasteiger partial charge in [-0.05, 0) is 62.5 Å². The molecule has 0 bridgehead atoms. The van der Waals surface area contributed by atoms with Crippen molar-refractivity contribution in [1.29, 1.82) is 0 Å². The molecule has 31 heavy (non-hydrogen) atoms. The molecule has 2 N–H and O–H groups in total. The third-order valence-corrected chi connectivity index (χ3v) is 5.28.